The van der Waals surface area contributed by atoms with Crippen LogP contribution in [0, 0.1) is 6.92 Å². The quantitative estimate of drug-likeness (QED) is 0.319. The molecule has 0 amide bonds. The van der Waals surface area contributed by atoms with Gasteiger partial charge in [0.25, 0.3) is 0 Å². The molecule has 0 aliphatic carbocycles. The monoisotopic (exact) mass is 439 g/mol. The molecule has 5 aromatic rings. The molecular weight excluding hydrogens is 410 g/mol. The van der Waals surface area contributed by atoms with Gasteiger partial charge in [0.2, 0.25) is 0 Å². The zero-order valence-corrected chi connectivity index (χ0v) is 18.8. The Morgan fingerprint density at radius 2 is 1.97 bits per heavy atom. The minimum Gasteiger partial charge on any atom is -0.361 e. The molecule has 7 heteroatoms. The summed E-state index contributed by atoms with van der Waals surface area (Å²) in [4.78, 5) is 10.6. The fourth-order valence-corrected chi connectivity index (χ4v) is 4.48. The molecule has 3 heterocycles. The van der Waals surface area contributed by atoms with Crippen molar-refractivity contribution in [3.63, 3.8) is 0 Å². The Kier molecular flexibility index (Phi) is 6.04. The zero-order valence-electron chi connectivity index (χ0n) is 18.8. The second-order valence-corrected chi connectivity index (χ2v) is 8.64. The summed E-state index contributed by atoms with van der Waals surface area (Å²) in [6, 6.07) is 16.6. The van der Waals surface area contributed by atoms with Crippen molar-refractivity contribution in [3.05, 3.63) is 101 Å². The Morgan fingerprint density at radius 1 is 1.06 bits per heavy atom. The number of nitrogens with zero attached hydrogens (tertiary/aromatic N) is 4. The number of imidazole rings is 1. The van der Waals surface area contributed by atoms with Crippen LogP contribution in [0.2, 0.25) is 0 Å². The van der Waals surface area contributed by atoms with Crippen molar-refractivity contribution >= 4 is 10.9 Å². The number of aromatic nitrogens is 6. The van der Waals surface area contributed by atoms with Crippen molar-refractivity contribution in [2.75, 3.05) is 0 Å². The van der Waals surface area contributed by atoms with E-state index >= 15 is 0 Å². The number of rotatable bonds is 9. The third kappa shape index (κ3) is 4.73. The topological polar surface area (TPSA) is 101 Å². The van der Waals surface area contributed by atoms with Crippen LogP contribution in [-0.4, -0.2) is 29.7 Å². The summed E-state index contributed by atoms with van der Waals surface area (Å²) in [5, 5.41) is 10.3. The van der Waals surface area contributed by atoms with Crippen LogP contribution >= 0.6 is 0 Å². The molecule has 33 heavy (non-hydrogen) atoms. The van der Waals surface area contributed by atoms with Gasteiger partial charge >= 0.3 is 0 Å². The van der Waals surface area contributed by atoms with Crippen molar-refractivity contribution in [3.8, 4) is 0 Å². The molecule has 1 atom stereocenters. The maximum Gasteiger partial charge on any atom is 0.150 e. The van der Waals surface area contributed by atoms with Crippen molar-refractivity contribution in [1.82, 2.24) is 29.7 Å². The molecule has 0 saturated heterocycles. The average molecular weight is 440 g/mol. The van der Waals surface area contributed by atoms with Crippen LogP contribution in [0.25, 0.3) is 10.9 Å². The van der Waals surface area contributed by atoms with E-state index in [0.717, 1.165) is 48.7 Å². The molecule has 2 aromatic carbocycles. The van der Waals surface area contributed by atoms with Gasteiger partial charge in [0.1, 0.15) is 11.6 Å². The molecule has 3 aromatic heterocycles. The standard InChI is InChI=1S/C26H29N7/c1-18-6-4-7-19(12-18)13-25-31-32-26(33(25)11-5-8-21-16-28-17-30-21)23(27)14-20-15-29-24-10-3-2-9-22(20)24/h2-4,6-7,9-10,12,15-17,23,29H,5,8,11,13-14,27H2,1H3,(H,28,30)/t23-/m0/s1. The second-order valence-electron chi connectivity index (χ2n) is 8.64. The van der Waals surface area contributed by atoms with Crippen LogP contribution < -0.4 is 5.73 Å². The maximum atomic E-state index is 6.72. The highest BCUT2D eigenvalue weighted by molar-refractivity contribution is 5.83. The molecule has 0 bridgehead atoms. The molecule has 4 N–H and O–H groups in total. The molecule has 0 unspecified atom stereocenters. The van der Waals surface area contributed by atoms with Gasteiger partial charge in [-0.1, -0.05) is 48.0 Å². The third-order valence-corrected chi connectivity index (χ3v) is 6.13. The number of aromatic amines is 2. The number of para-hydroxylation sites is 1. The highest BCUT2D eigenvalue weighted by Gasteiger charge is 2.20. The fourth-order valence-electron chi connectivity index (χ4n) is 4.48. The number of fused-ring (bicyclic) bond motifs is 1. The van der Waals surface area contributed by atoms with Gasteiger partial charge in [0, 0.05) is 42.0 Å². The van der Waals surface area contributed by atoms with Crippen LogP contribution in [0.4, 0.5) is 0 Å². The van der Waals surface area contributed by atoms with E-state index in [9.17, 15) is 0 Å². The average Bonchev–Trinajstić information content (AvgIpc) is 3.56. The van der Waals surface area contributed by atoms with Crippen LogP contribution in [-0.2, 0) is 25.8 Å². The summed E-state index contributed by atoms with van der Waals surface area (Å²) in [7, 11) is 0. The maximum absolute atomic E-state index is 6.72. The largest absolute Gasteiger partial charge is 0.361 e. The molecule has 0 spiro atoms. The molecular formula is C26H29N7. The SMILES string of the molecule is Cc1cccc(Cc2nnc([C@@H](N)Cc3c[nH]c4ccccc34)n2CCCc2cnc[nH]2)c1. The van der Waals surface area contributed by atoms with Gasteiger partial charge in [-0.15, -0.1) is 10.2 Å². The molecule has 0 saturated carbocycles. The van der Waals surface area contributed by atoms with Crippen molar-refractivity contribution in [2.24, 2.45) is 5.73 Å². The Labute approximate surface area is 193 Å². The van der Waals surface area contributed by atoms with Crippen LogP contribution in [0.15, 0.2) is 67.3 Å². The minimum absolute atomic E-state index is 0.241. The number of hydrogen-bond acceptors (Lipinski definition) is 4. The van der Waals surface area contributed by atoms with E-state index in [-0.39, 0.29) is 6.04 Å². The molecule has 0 fully saturated rings. The number of benzene rings is 2. The van der Waals surface area contributed by atoms with Gasteiger partial charge in [-0.3, -0.25) is 0 Å². The van der Waals surface area contributed by atoms with Gasteiger partial charge in [-0.25, -0.2) is 4.98 Å². The van der Waals surface area contributed by atoms with Crippen LogP contribution in [0.3, 0.4) is 0 Å². The number of H-pyrrole nitrogens is 2. The first-order chi connectivity index (χ1) is 16.2. The van der Waals surface area contributed by atoms with E-state index in [1.54, 1.807) is 6.33 Å². The summed E-state index contributed by atoms with van der Waals surface area (Å²) in [5.41, 5.74) is 12.7. The number of nitrogens with one attached hydrogen (secondary N) is 2. The van der Waals surface area contributed by atoms with Crippen molar-refractivity contribution in [1.29, 1.82) is 0 Å². The van der Waals surface area contributed by atoms with E-state index in [1.807, 2.05) is 12.3 Å². The van der Waals surface area contributed by atoms with Crippen molar-refractivity contribution < 1.29 is 0 Å². The predicted octanol–water partition coefficient (Wildman–Crippen LogP) is 4.26. The Bertz CT molecular complexity index is 1330. The first kappa shape index (κ1) is 21.2. The van der Waals surface area contributed by atoms with Gasteiger partial charge in [0.05, 0.1) is 12.4 Å². The number of nitrogens with two attached hydrogens (primary N) is 1. The highest BCUT2D eigenvalue weighted by atomic mass is 15.3. The van der Waals surface area contributed by atoms with E-state index in [0.29, 0.717) is 6.42 Å². The molecule has 7 nitrogen and oxygen atoms in total. The minimum atomic E-state index is -0.241. The lowest BCUT2D eigenvalue weighted by Gasteiger charge is -2.15. The van der Waals surface area contributed by atoms with E-state index < -0.39 is 0 Å². The third-order valence-electron chi connectivity index (χ3n) is 6.13. The Morgan fingerprint density at radius 3 is 2.82 bits per heavy atom. The van der Waals surface area contributed by atoms with E-state index in [4.69, 9.17) is 5.73 Å². The summed E-state index contributed by atoms with van der Waals surface area (Å²) < 4.78 is 2.22. The fraction of sp³-hybridized carbons (Fsp3) is 0.269. The summed E-state index contributed by atoms with van der Waals surface area (Å²) in [6.45, 7) is 2.92. The number of aryl methyl sites for hydroxylation is 2. The first-order valence-electron chi connectivity index (χ1n) is 11.4. The van der Waals surface area contributed by atoms with E-state index in [1.165, 1.54) is 22.1 Å². The molecule has 0 aliphatic heterocycles. The lowest BCUT2D eigenvalue weighted by molar-refractivity contribution is 0.548. The summed E-state index contributed by atoms with van der Waals surface area (Å²) in [6.07, 6.45) is 8.96. The summed E-state index contributed by atoms with van der Waals surface area (Å²) >= 11 is 0. The highest BCUT2D eigenvalue weighted by Crippen LogP contribution is 2.24. The number of hydrogen-bond donors (Lipinski definition) is 3. The van der Waals surface area contributed by atoms with Crippen molar-refractivity contribution in [2.45, 2.75) is 45.2 Å². The first-order valence-corrected chi connectivity index (χ1v) is 11.4. The molecule has 168 valence electrons. The lowest BCUT2D eigenvalue weighted by Crippen LogP contribution is -2.20. The van der Waals surface area contributed by atoms with Gasteiger partial charge in [-0.05, 0) is 43.4 Å². The molecule has 0 radical (unpaired) electrons. The van der Waals surface area contributed by atoms with Gasteiger partial charge in [0.15, 0.2) is 0 Å². The molecule has 5 rings (SSSR count). The smallest absolute Gasteiger partial charge is 0.150 e. The Balaban J connectivity index is 1.40. The predicted molar refractivity (Wildman–Crippen MR) is 130 cm³/mol. The second kappa shape index (κ2) is 9.42. The van der Waals surface area contributed by atoms with Gasteiger partial charge < -0.3 is 20.3 Å². The molecule has 0 aliphatic rings. The van der Waals surface area contributed by atoms with E-state index in [2.05, 4.69) is 85.3 Å². The summed E-state index contributed by atoms with van der Waals surface area (Å²) in [5.74, 6) is 1.79. The van der Waals surface area contributed by atoms with Gasteiger partial charge in [-0.2, -0.15) is 0 Å². The van der Waals surface area contributed by atoms with Crippen LogP contribution in [0.5, 0.6) is 0 Å². The van der Waals surface area contributed by atoms with Crippen LogP contribution in [0.1, 0.15) is 46.5 Å². The lowest BCUT2D eigenvalue weighted by atomic mass is 10.0. The zero-order chi connectivity index (χ0) is 22.6. The Hall–Kier alpha value is -3.71. The normalized spacial score (nSPS) is 12.4.